The van der Waals surface area contributed by atoms with Crippen LogP contribution in [0.3, 0.4) is 0 Å². The summed E-state index contributed by atoms with van der Waals surface area (Å²) in [5.74, 6) is 0.196. The van der Waals surface area contributed by atoms with Crippen LogP contribution in [0.1, 0.15) is 32.0 Å². The minimum Gasteiger partial charge on any atom is -0.494 e. The topological polar surface area (TPSA) is 93.9 Å². The zero-order chi connectivity index (χ0) is 28.0. The summed E-state index contributed by atoms with van der Waals surface area (Å²) in [5.41, 5.74) is -2.12. The lowest BCUT2D eigenvalue weighted by molar-refractivity contribution is -0.185. The third-order valence-corrected chi connectivity index (χ3v) is 6.61. The zero-order valence-corrected chi connectivity index (χ0v) is 20.7. The lowest BCUT2D eigenvalue weighted by Gasteiger charge is -2.32. The number of nitrogens with zero attached hydrogens (tertiary/aromatic N) is 5. The van der Waals surface area contributed by atoms with Crippen LogP contribution in [-0.2, 0) is 0 Å². The summed E-state index contributed by atoms with van der Waals surface area (Å²) in [6.07, 6.45) is -4.41. The second kappa shape index (κ2) is 9.51. The molecule has 0 bridgehead atoms. The molecule has 0 aromatic carbocycles. The molecular weight excluding hydrogens is 522 g/mol. The van der Waals surface area contributed by atoms with Gasteiger partial charge in [0.25, 0.3) is 5.88 Å². The maximum absolute atomic E-state index is 14.4. The summed E-state index contributed by atoms with van der Waals surface area (Å²) in [5, 5.41) is 2.10. The predicted octanol–water partition coefficient (Wildman–Crippen LogP) is 4.78. The monoisotopic (exact) mass is 546 g/mol. The first-order valence-corrected chi connectivity index (χ1v) is 11.4. The molecule has 9 nitrogen and oxygen atoms in total. The Morgan fingerprint density at radius 3 is 2.50 bits per heavy atom. The van der Waals surface area contributed by atoms with Crippen molar-refractivity contribution in [3.8, 4) is 22.9 Å². The Morgan fingerprint density at radius 1 is 1.24 bits per heavy atom. The number of urea groups is 1. The molecule has 0 aliphatic heterocycles. The number of carbonyl (C=O) groups excluding carboxylic acids is 1. The van der Waals surface area contributed by atoms with E-state index < -0.39 is 54.5 Å². The van der Waals surface area contributed by atoms with E-state index in [0.717, 1.165) is 19.2 Å². The van der Waals surface area contributed by atoms with Gasteiger partial charge in [0.15, 0.2) is 11.7 Å². The molecule has 3 heterocycles. The highest BCUT2D eigenvalue weighted by molar-refractivity contribution is 5.76. The fraction of sp³-hybridized carbons (Fsp3) is 0.478. The van der Waals surface area contributed by atoms with Crippen LogP contribution < -0.4 is 14.8 Å². The van der Waals surface area contributed by atoms with Crippen molar-refractivity contribution in [1.29, 1.82) is 0 Å². The Kier molecular flexibility index (Phi) is 6.82. The number of amides is 2. The Balaban J connectivity index is 1.74. The average Bonchev–Trinajstić information content (AvgIpc) is 3.28. The van der Waals surface area contributed by atoms with Crippen molar-refractivity contribution in [1.82, 2.24) is 29.6 Å². The SMILES string of the molecule is CCN(C(=O)N[C@H]1C[C@@]1(C)C(F)(F)F)C(c1cc(-c2cn3ccnc3c(OC)n2)c(OC)cn1)C(F)(F)F. The van der Waals surface area contributed by atoms with Crippen molar-refractivity contribution in [2.75, 3.05) is 20.8 Å². The number of methoxy groups -OCH3 is 2. The van der Waals surface area contributed by atoms with Gasteiger partial charge in [-0.25, -0.2) is 14.8 Å². The number of aromatic nitrogens is 4. The van der Waals surface area contributed by atoms with Gasteiger partial charge in [-0.05, 0) is 26.3 Å². The Labute approximate surface area is 212 Å². The van der Waals surface area contributed by atoms with E-state index in [1.807, 2.05) is 0 Å². The van der Waals surface area contributed by atoms with Crippen LogP contribution in [-0.4, -0.2) is 69.4 Å². The molecule has 3 atom stereocenters. The number of halogens is 6. The third kappa shape index (κ3) is 4.76. The first-order valence-electron chi connectivity index (χ1n) is 11.4. The van der Waals surface area contributed by atoms with Gasteiger partial charge in [0, 0.05) is 36.7 Å². The first-order chi connectivity index (χ1) is 17.7. The molecule has 15 heteroatoms. The number of ether oxygens (including phenoxy) is 2. The minimum atomic E-state index is -5.01. The summed E-state index contributed by atoms with van der Waals surface area (Å²) < 4.78 is 95.0. The molecule has 0 saturated heterocycles. The largest absolute Gasteiger partial charge is 0.494 e. The highest BCUT2D eigenvalue weighted by Gasteiger charge is 2.68. The van der Waals surface area contributed by atoms with Crippen molar-refractivity contribution in [2.24, 2.45) is 5.41 Å². The fourth-order valence-electron chi connectivity index (χ4n) is 4.21. The van der Waals surface area contributed by atoms with Crippen LogP contribution in [0.4, 0.5) is 31.1 Å². The summed E-state index contributed by atoms with van der Waals surface area (Å²) in [6.45, 7) is 1.74. The van der Waals surface area contributed by atoms with Gasteiger partial charge >= 0.3 is 18.4 Å². The Bertz CT molecular complexity index is 1340. The predicted molar refractivity (Wildman–Crippen MR) is 122 cm³/mol. The van der Waals surface area contributed by atoms with E-state index in [1.165, 1.54) is 33.5 Å². The molecule has 0 radical (unpaired) electrons. The molecule has 1 fully saturated rings. The molecule has 4 rings (SSSR count). The third-order valence-electron chi connectivity index (χ3n) is 6.61. The number of hydrogen-bond acceptors (Lipinski definition) is 6. The van der Waals surface area contributed by atoms with E-state index in [2.05, 4.69) is 20.3 Å². The van der Waals surface area contributed by atoms with Gasteiger partial charge in [0.05, 0.1) is 37.2 Å². The summed E-state index contributed by atoms with van der Waals surface area (Å²) >= 11 is 0. The molecule has 1 N–H and O–H groups in total. The highest BCUT2D eigenvalue weighted by Crippen LogP contribution is 2.57. The molecule has 1 unspecified atom stereocenters. The van der Waals surface area contributed by atoms with Gasteiger partial charge in [-0.2, -0.15) is 26.3 Å². The number of rotatable bonds is 7. The molecule has 38 heavy (non-hydrogen) atoms. The van der Waals surface area contributed by atoms with Crippen molar-refractivity contribution < 1.29 is 40.6 Å². The van der Waals surface area contributed by atoms with Crippen molar-refractivity contribution in [2.45, 2.75) is 44.7 Å². The van der Waals surface area contributed by atoms with Gasteiger partial charge in [-0.3, -0.25) is 4.98 Å². The van der Waals surface area contributed by atoms with Gasteiger partial charge in [-0.15, -0.1) is 0 Å². The molecule has 3 aromatic rings. The van der Waals surface area contributed by atoms with Crippen LogP contribution in [0, 0.1) is 5.41 Å². The van der Waals surface area contributed by atoms with Crippen molar-refractivity contribution >= 4 is 11.7 Å². The Hall–Kier alpha value is -3.78. The van der Waals surface area contributed by atoms with Crippen molar-refractivity contribution in [3.05, 3.63) is 36.5 Å². The summed E-state index contributed by atoms with van der Waals surface area (Å²) in [4.78, 5) is 25.6. The Morgan fingerprint density at radius 2 is 1.95 bits per heavy atom. The lowest BCUT2D eigenvalue weighted by Crippen LogP contribution is -2.49. The number of hydrogen-bond donors (Lipinski definition) is 1. The minimum absolute atomic E-state index is 0.0927. The van der Waals surface area contributed by atoms with Gasteiger partial charge in [0.1, 0.15) is 5.75 Å². The van der Waals surface area contributed by atoms with Crippen LogP contribution in [0.15, 0.2) is 30.9 Å². The first kappa shape index (κ1) is 27.3. The number of carbonyl (C=O) groups is 1. The molecule has 1 aliphatic rings. The van der Waals surface area contributed by atoms with E-state index in [0.29, 0.717) is 10.5 Å². The summed E-state index contributed by atoms with van der Waals surface area (Å²) in [7, 11) is 2.66. The van der Waals surface area contributed by atoms with E-state index in [1.54, 1.807) is 10.6 Å². The highest BCUT2D eigenvalue weighted by atomic mass is 19.4. The zero-order valence-electron chi connectivity index (χ0n) is 20.7. The molecule has 1 saturated carbocycles. The maximum Gasteiger partial charge on any atom is 0.414 e. The van der Waals surface area contributed by atoms with Crippen LogP contribution in [0.25, 0.3) is 16.9 Å². The maximum atomic E-state index is 14.4. The molecule has 206 valence electrons. The van der Waals surface area contributed by atoms with Gasteiger partial charge < -0.3 is 24.1 Å². The van der Waals surface area contributed by atoms with Crippen molar-refractivity contribution in [3.63, 3.8) is 0 Å². The molecule has 3 aromatic heterocycles. The van der Waals surface area contributed by atoms with E-state index in [-0.39, 0.29) is 22.9 Å². The van der Waals surface area contributed by atoms with Gasteiger partial charge in [0.2, 0.25) is 0 Å². The quantitative estimate of drug-likeness (QED) is 0.429. The van der Waals surface area contributed by atoms with E-state index in [4.69, 9.17) is 9.47 Å². The fourth-order valence-corrected chi connectivity index (χ4v) is 4.21. The number of fused-ring (bicyclic) bond motifs is 1. The van der Waals surface area contributed by atoms with Crippen LogP contribution >= 0.6 is 0 Å². The molecule has 2 amide bonds. The van der Waals surface area contributed by atoms with Gasteiger partial charge in [-0.1, -0.05) is 0 Å². The second-order valence-electron chi connectivity index (χ2n) is 8.95. The second-order valence-corrected chi connectivity index (χ2v) is 8.95. The van der Waals surface area contributed by atoms with Crippen LogP contribution in [0.2, 0.25) is 0 Å². The normalized spacial score (nSPS) is 20.2. The van der Waals surface area contributed by atoms with E-state index >= 15 is 0 Å². The average molecular weight is 546 g/mol. The number of imidazole rings is 1. The molecule has 1 aliphatic carbocycles. The number of nitrogens with one attached hydrogen (secondary N) is 1. The lowest BCUT2D eigenvalue weighted by atomic mass is 10.1. The molecular formula is C23H24F6N6O3. The standard InChI is InChI=1S/C23H24F6N6O3/c1-5-35(20(36)33-16-9-21(16,2)23(27,28)29)17(22(24,25)26)13-8-12(15(37-3)10-31-13)14-11-34-7-6-30-18(34)19(32-14)38-4/h6-8,10-11,16-17H,5,9H2,1-4H3,(H,33,36)/t16-,17?,21+/m0/s1. The number of alkyl halides is 6. The van der Waals surface area contributed by atoms with E-state index in [9.17, 15) is 31.1 Å². The molecule has 0 spiro atoms. The smallest absolute Gasteiger partial charge is 0.414 e. The van der Waals surface area contributed by atoms with Crippen LogP contribution in [0.5, 0.6) is 11.6 Å². The summed E-state index contributed by atoms with van der Waals surface area (Å²) in [6, 6.07) is -4.11. The number of pyridine rings is 1.